The Morgan fingerprint density at radius 2 is 1.44 bits per heavy atom. The number of hydrogen-bond donors (Lipinski definition) is 1. The fraction of sp³-hybridized carbons (Fsp3) is 0.833. The van der Waals surface area contributed by atoms with E-state index >= 15 is 0 Å². The van der Waals surface area contributed by atoms with Crippen LogP contribution in [0.4, 0.5) is 0 Å². The van der Waals surface area contributed by atoms with Crippen LogP contribution in [0.1, 0.15) is 58.8 Å². The molecule has 0 spiro atoms. The predicted molar refractivity (Wildman–Crippen MR) is 70.3 cm³/mol. The van der Waals surface area contributed by atoms with Gasteiger partial charge in [0.15, 0.2) is 0 Å². The van der Waals surface area contributed by atoms with Gasteiger partial charge < -0.3 is 0 Å². The fourth-order valence-corrected chi connectivity index (χ4v) is 1.09. The second-order valence-corrected chi connectivity index (χ2v) is 5.31. The Balaban J connectivity index is 0. The molecule has 0 aromatic heterocycles. The summed E-state index contributed by atoms with van der Waals surface area (Å²) < 4.78 is 25.9. The van der Waals surface area contributed by atoms with E-state index in [4.69, 9.17) is 4.55 Å². The molecule has 0 bridgehead atoms. The van der Waals surface area contributed by atoms with E-state index in [2.05, 4.69) is 26.0 Å². The van der Waals surface area contributed by atoms with E-state index in [1.54, 1.807) is 0 Å². The molecule has 0 radical (unpaired) electrons. The van der Waals surface area contributed by atoms with Gasteiger partial charge >= 0.3 is 0 Å². The Kier molecular flexibility index (Phi) is 14.3. The zero-order chi connectivity index (χ0) is 12.9. The Bertz CT molecular complexity index is 235. The Hall–Kier alpha value is -0.350. The first-order chi connectivity index (χ1) is 7.41. The molecule has 1 N–H and O–H groups in total. The zero-order valence-corrected chi connectivity index (χ0v) is 11.6. The van der Waals surface area contributed by atoms with Gasteiger partial charge in [-0.2, -0.15) is 8.42 Å². The van der Waals surface area contributed by atoms with Crippen LogP contribution >= 0.6 is 0 Å². The molecule has 0 aliphatic rings. The molecular weight excluding hydrogens is 224 g/mol. The molecule has 3 nitrogen and oxygen atoms in total. The van der Waals surface area contributed by atoms with Gasteiger partial charge in [-0.3, -0.25) is 4.55 Å². The lowest BCUT2D eigenvalue weighted by molar-refractivity contribution is 0.490. The maximum absolute atomic E-state index is 9.19. The molecule has 0 aromatic rings. The van der Waals surface area contributed by atoms with Crippen molar-refractivity contribution in [1.29, 1.82) is 0 Å². The van der Waals surface area contributed by atoms with Gasteiger partial charge in [0.1, 0.15) is 0 Å². The Morgan fingerprint density at radius 1 is 0.938 bits per heavy atom. The van der Waals surface area contributed by atoms with Crippen molar-refractivity contribution < 1.29 is 13.0 Å². The first-order valence-electron chi connectivity index (χ1n) is 5.99. The van der Waals surface area contributed by atoms with Crippen LogP contribution in [0.15, 0.2) is 12.2 Å². The van der Waals surface area contributed by atoms with E-state index in [1.807, 2.05) is 0 Å². The number of unbranched alkanes of at least 4 members (excludes halogenated alkanes) is 5. The molecule has 0 unspecified atom stereocenters. The highest BCUT2D eigenvalue weighted by Gasteiger charge is 1.83. The van der Waals surface area contributed by atoms with E-state index in [1.165, 1.54) is 44.9 Å². The van der Waals surface area contributed by atoms with Crippen LogP contribution < -0.4 is 0 Å². The van der Waals surface area contributed by atoms with Crippen molar-refractivity contribution in [2.75, 3.05) is 6.26 Å². The standard InChI is InChI=1S/C11H22.CH4O3S/c1-3-5-7-9-11-10-8-6-4-2;1-5(2,3)4/h7,9H,3-6,8,10-11H2,1-2H3;1H3,(H,2,3,4). The lowest BCUT2D eigenvalue weighted by atomic mass is 10.1. The molecule has 0 amide bonds. The molecule has 0 fully saturated rings. The largest absolute Gasteiger partial charge is 0.286 e. The number of hydrogen-bond acceptors (Lipinski definition) is 2. The van der Waals surface area contributed by atoms with Crippen LogP contribution in [0.25, 0.3) is 0 Å². The van der Waals surface area contributed by atoms with Crippen LogP contribution in [-0.4, -0.2) is 19.2 Å². The summed E-state index contributed by atoms with van der Waals surface area (Å²) in [5.41, 5.74) is 0. The van der Waals surface area contributed by atoms with E-state index in [0.717, 1.165) is 0 Å². The minimum absolute atomic E-state index is 0.715. The first kappa shape index (κ1) is 18.0. The average molecular weight is 250 g/mol. The highest BCUT2D eigenvalue weighted by atomic mass is 32.2. The third-order valence-corrected chi connectivity index (χ3v) is 1.85. The van der Waals surface area contributed by atoms with Crippen LogP contribution in [0.2, 0.25) is 0 Å². The summed E-state index contributed by atoms with van der Waals surface area (Å²) in [5, 5.41) is 0. The Labute approximate surface area is 101 Å². The van der Waals surface area contributed by atoms with E-state index < -0.39 is 10.1 Å². The molecule has 0 heterocycles. The van der Waals surface area contributed by atoms with Gasteiger partial charge in [-0.15, -0.1) is 0 Å². The second-order valence-electron chi connectivity index (χ2n) is 3.84. The summed E-state index contributed by atoms with van der Waals surface area (Å²) in [6.45, 7) is 4.48. The van der Waals surface area contributed by atoms with E-state index in [9.17, 15) is 8.42 Å². The molecule has 98 valence electrons. The number of rotatable bonds is 7. The Morgan fingerprint density at radius 3 is 1.88 bits per heavy atom. The van der Waals surface area contributed by atoms with Gasteiger partial charge in [0.25, 0.3) is 10.1 Å². The van der Waals surface area contributed by atoms with Crippen molar-refractivity contribution in [2.24, 2.45) is 0 Å². The molecule has 0 aliphatic heterocycles. The van der Waals surface area contributed by atoms with Gasteiger partial charge in [0.05, 0.1) is 6.26 Å². The molecule has 16 heavy (non-hydrogen) atoms. The molecule has 0 aliphatic carbocycles. The van der Waals surface area contributed by atoms with Crippen molar-refractivity contribution >= 4 is 10.1 Å². The molecule has 0 rings (SSSR count). The molecule has 0 saturated heterocycles. The minimum Gasteiger partial charge on any atom is -0.286 e. The smallest absolute Gasteiger partial charge is 0.261 e. The van der Waals surface area contributed by atoms with Crippen molar-refractivity contribution in [3.63, 3.8) is 0 Å². The van der Waals surface area contributed by atoms with E-state index in [0.29, 0.717) is 6.26 Å². The van der Waals surface area contributed by atoms with Crippen molar-refractivity contribution in [1.82, 2.24) is 0 Å². The lowest BCUT2D eigenvalue weighted by Gasteiger charge is -1.93. The molecular formula is C12H26O3S. The van der Waals surface area contributed by atoms with Gasteiger partial charge in [-0.25, -0.2) is 0 Å². The van der Waals surface area contributed by atoms with Gasteiger partial charge in [-0.05, 0) is 19.3 Å². The predicted octanol–water partition coefficient (Wildman–Crippen LogP) is 3.82. The van der Waals surface area contributed by atoms with Gasteiger partial charge in [0.2, 0.25) is 0 Å². The highest BCUT2D eigenvalue weighted by Crippen LogP contribution is 2.03. The molecule has 0 saturated carbocycles. The summed E-state index contributed by atoms with van der Waals surface area (Å²) in [6.07, 6.45) is 14.7. The maximum atomic E-state index is 9.19. The number of allylic oxidation sites excluding steroid dienone is 2. The quantitative estimate of drug-likeness (QED) is 0.424. The summed E-state index contributed by atoms with van der Waals surface area (Å²) in [4.78, 5) is 0. The normalized spacial score (nSPS) is 11.2. The summed E-state index contributed by atoms with van der Waals surface area (Å²) >= 11 is 0. The topological polar surface area (TPSA) is 54.4 Å². The lowest BCUT2D eigenvalue weighted by Crippen LogP contribution is -1.88. The maximum Gasteiger partial charge on any atom is 0.261 e. The highest BCUT2D eigenvalue weighted by molar-refractivity contribution is 7.85. The third kappa shape index (κ3) is 37.3. The summed E-state index contributed by atoms with van der Waals surface area (Å²) in [6, 6.07) is 0. The van der Waals surface area contributed by atoms with Crippen molar-refractivity contribution in [2.45, 2.75) is 58.8 Å². The zero-order valence-electron chi connectivity index (χ0n) is 10.8. The van der Waals surface area contributed by atoms with Crippen LogP contribution in [0.5, 0.6) is 0 Å². The van der Waals surface area contributed by atoms with Crippen molar-refractivity contribution in [3.8, 4) is 0 Å². The molecule has 4 heteroatoms. The van der Waals surface area contributed by atoms with Crippen LogP contribution in [0, 0.1) is 0 Å². The third-order valence-electron chi connectivity index (χ3n) is 1.85. The van der Waals surface area contributed by atoms with Crippen molar-refractivity contribution in [3.05, 3.63) is 12.2 Å². The van der Waals surface area contributed by atoms with Gasteiger partial charge in [-0.1, -0.05) is 51.7 Å². The monoisotopic (exact) mass is 250 g/mol. The van der Waals surface area contributed by atoms with E-state index in [-0.39, 0.29) is 0 Å². The second kappa shape index (κ2) is 12.7. The van der Waals surface area contributed by atoms with Crippen LogP contribution in [0.3, 0.4) is 0 Å². The summed E-state index contributed by atoms with van der Waals surface area (Å²) in [7, 11) is -3.67. The SMILES string of the molecule is CCCC=CCCCCCC.CS(=O)(=O)O. The average Bonchev–Trinajstić information content (AvgIpc) is 2.14. The first-order valence-corrected chi connectivity index (χ1v) is 7.84. The van der Waals surface area contributed by atoms with Gasteiger partial charge in [0, 0.05) is 0 Å². The fourth-order valence-electron chi connectivity index (χ4n) is 1.09. The molecule has 0 atom stereocenters. The summed E-state index contributed by atoms with van der Waals surface area (Å²) in [5.74, 6) is 0. The molecule has 0 aromatic carbocycles. The minimum atomic E-state index is -3.67. The van der Waals surface area contributed by atoms with Crippen LogP contribution in [-0.2, 0) is 10.1 Å².